The summed E-state index contributed by atoms with van der Waals surface area (Å²) in [6, 6.07) is 7.04. The fraction of sp³-hybridized carbons (Fsp3) is 0.571. The van der Waals surface area contributed by atoms with E-state index in [2.05, 4.69) is 66.9 Å². The van der Waals surface area contributed by atoms with Gasteiger partial charge in [-0.05, 0) is 45.2 Å². The van der Waals surface area contributed by atoms with Crippen molar-refractivity contribution < 1.29 is 0 Å². The number of nitrogens with zero attached hydrogens (tertiary/aromatic N) is 4. The van der Waals surface area contributed by atoms with Crippen LogP contribution in [-0.4, -0.2) is 34.1 Å². The van der Waals surface area contributed by atoms with Crippen LogP contribution in [-0.2, 0) is 0 Å². The van der Waals surface area contributed by atoms with Crippen molar-refractivity contribution in [3.8, 4) is 0 Å². The monoisotopic (exact) mass is 353 g/mol. The molecule has 1 saturated heterocycles. The predicted octanol–water partition coefficient (Wildman–Crippen LogP) is 3.93. The number of rotatable bonds is 5. The summed E-state index contributed by atoms with van der Waals surface area (Å²) in [4.78, 5) is 16.3. The Bertz CT molecular complexity index is 735. The first-order chi connectivity index (χ1) is 12.4. The van der Waals surface area contributed by atoms with Crippen molar-refractivity contribution in [2.75, 3.05) is 18.0 Å². The molecule has 1 atom stereocenters. The molecule has 2 aromatic heterocycles. The topological polar surface area (TPSA) is 53.9 Å². The van der Waals surface area contributed by atoms with Crippen molar-refractivity contribution in [1.82, 2.24) is 20.3 Å². The summed E-state index contributed by atoms with van der Waals surface area (Å²) in [6.07, 6.45) is 4.12. The van der Waals surface area contributed by atoms with E-state index in [0.29, 0.717) is 12.0 Å². The van der Waals surface area contributed by atoms with Gasteiger partial charge in [0.15, 0.2) is 0 Å². The highest BCUT2D eigenvalue weighted by molar-refractivity contribution is 5.40. The predicted molar refractivity (Wildman–Crippen MR) is 107 cm³/mol. The Labute approximate surface area is 157 Å². The fourth-order valence-corrected chi connectivity index (χ4v) is 3.65. The molecule has 0 spiro atoms. The minimum Gasteiger partial charge on any atom is -0.356 e. The van der Waals surface area contributed by atoms with Crippen molar-refractivity contribution in [3.05, 3.63) is 47.2 Å². The summed E-state index contributed by atoms with van der Waals surface area (Å²) in [5.74, 6) is 2.38. The van der Waals surface area contributed by atoms with Crippen molar-refractivity contribution in [1.29, 1.82) is 0 Å². The highest BCUT2D eigenvalue weighted by Crippen LogP contribution is 2.23. The van der Waals surface area contributed by atoms with Gasteiger partial charge in [0.05, 0.1) is 5.69 Å². The maximum absolute atomic E-state index is 4.79. The Hall–Kier alpha value is -2.01. The third kappa shape index (κ3) is 4.39. The quantitative estimate of drug-likeness (QED) is 0.882. The second kappa shape index (κ2) is 8.12. The van der Waals surface area contributed by atoms with Gasteiger partial charge >= 0.3 is 0 Å². The summed E-state index contributed by atoms with van der Waals surface area (Å²) in [6.45, 7) is 12.8. The van der Waals surface area contributed by atoms with Crippen LogP contribution in [0, 0.1) is 13.8 Å². The van der Waals surface area contributed by atoms with E-state index in [9.17, 15) is 0 Å². The molecular formula is C21H31N5. The summed E-state index contributed by atoms with van der Waals surface area (Å²) >= 11 is 0. The Morgan fingerprint density at radius 2 is 1.85 bits per heavy atom. The Morgan fingerprint density at radius 3 is 2.50 bits per heavy atom. The number of anilines is 1. The van der Waals surface area contributed by atoms with Gasteiger partial charge in [0.1, 0.15) is 11.6 Å². The van der Waals surface area contributed by atoms with Gasteiger partial charge in [-0.1, -0.05) is 19.9 Å². The van der Waals surface area contributed by atoms with Gasteiger partial charge in [-0.15, -0.1) is 0 Å². The third-order valence-corrected chi connectivity index (χ3v) is 5.14. The van der Waals surface area contributed by atoms with Crippen LogP contribution in [0.2, 0.25) is 0 Å². The number of hydrogen-bond donors (Lipinski definition) is 1. The molecule has 5 heteroatoms. The number of nitrogens with one attached hydrogen (secondary N) is 1. The molecule has 140 valence electrons. The Morgan fingerprint density at radius 1 is 1.12 bits per heavy atom. The standard InChI is InChI=1S/C21H31N5/c1-14(2)21-23-16(4)13-19(25-21)26-11-8-18(9-12-26)24-17(5)20-15(3)7-6-10-22-20/h6-7,10,13-14,17-18,24H,8-9,11-12H2,1-5H3/t17-/m0/s1. The lowest BCUT2D eigenvalue weighted by Gasteiger charge is -2.35. The van der Waals surface area contributed by atoms with E-state index >= 15 is 0 Å². The van der Waals surface area contributed by atoms with E-state index in [4.69, 9.17) is 4.98 Å². The molecule has 0 bridgehead atoms. The molecule has 0 unspecified atom stereocenters. The first-order valence-electron chi connectivity index (χ1n) is 9.72. The van der Waals surface area contributed by atoms with Crippen LogP contribution in [0.15, 0.2) is 24.4 Å². The van der Waals surface area contributed by atoms with Crippen molar-refractivity contribution >= 4 is 5.82 Å². The maximum atomic E-state index is 4.79. The molecule has 1 aliphatic heterocycles. The van der Waals surface area contributed by atoms with Crippen LogP contribution in [0.25, 0.3) is 0 Å². The number of piperidine rings is 1. The molecule has 26 heavy (non-hydrogen) atoms. The van der Waals surface area contributed by atoms with Gasteiger partial charge in [-0.2, -0.15) is 0 Å². The van der Waals surface area contributed by atoms with Gasteiger partial charge in [0.2, 0.25) is 0 Å². The zero-order chi connectivity index (χ0) is 18.7. The minimum atomic E-state index is 0.279. The van der Waals surface area contributed by atoms with E-state index in [1.54, 1.807) is 0 Å². The molecule has 0 radical (unpaired) electrons. The number of hydrogen-bond acceptors (Lipinski definition) is 5. The van der Waals surface area contributed by atoms with E-state index in [0.717, 1.165) is 49.0 Å². The lowest BCUT2D eigenvalue weighted by molar-refractivity contribution is 0.376. The van der Waals surface area contributed by atoms with E-state index < -0.39 is 0 Å². The SMILES string of the molecule is Cc1cc(N2CCC(N[C@@H](C)c3ncccc3C)CC2)nc(C(C)C)n1. The van der Waals surface area contributed by atoms with Gasteiger partial charge in [0.25, 0.3) is 0 Å². The third-order valence-electron chi connectivity index (χ3n) is 5.14. The van der Waals surface area contributed by atoms with Crippen LogP contribution in [0.5, 0.6) is 0 Å². The van der Waals surface area contributed by atoms with Crippen LogP contribution in [0.4, 0.5) is 5.82 Å². The molecule has 1 fully saturated rings. The normalized spacial score (nSPS) is 16.9. The zero-order valence-corrected chi connectivity index (χ0v) is 16.7. The van der Waals surface area contributed by atoms with Crippen LogP contribution in [0.1, 0.15) is 68.3 Å². The molecule has 0 aliphatic carbocycles. The Balaban J connectivity index is 1.60. The summed E-state index contributed by atoms with van der Waals surface area (Å²) in [5, 5.41) is 3.77. The van der Waals surface area contributed by atoms with Gasteiger partial charge < -0.3 is 10.2 Å². The number of aromatic nitrogens is 3. The van der Waals surface area contributed by atoms with Crippen molar-refractivity contribution in [3.63, 3.8) is 0 Å². The van der Waals surface area contributed by atoms with E-state index in [1.165, 1.54) is 5.56 Å². The lowest BCUT2D eigenvalue weighted by Crippen LogP contribution is -2.44. The average molecular weight is 354 g/mol. The van der Waals surface area contributed by atoms with E-state index in [1.807, 2.05) is 12.3 Å². The number of pyridine rings is 1. The fourth-order valence-electron chi connectivity index (χ4n) is 3.65. The number of aryl methyl sites for hydroxylation is 2. The highest BCUT2D eigenvalue weighted by atomic mass is 15.2. The molecule has 1 N–H and O–H groups in total. The lowest BCUT2D eigenvalue weighted by atomic mass is 10.0. The molecule has 3 rings (SSSR count). The maximum Gasteiger partial charge on any atom is 0.133 e. The summed E-state index contributed by atoms with van der Waals surface area (Å²) in [7, 11) is 0. The Kier molecular flexibility index (Phi) is 5.87. The van der Waals surface area contributed by atoms with E-state index in [-0.39, 0.29) is 6.04 Å². The second-order valence-corrected chi connectivity index (χ2v) is 7.74. The van der Waals surface area contributed by atoms with Gasteiger partial charge in [-0.25, -0.2) is 9.97 Å². The molecule has 2 aromatic rings. The van der Waals surface area contributed by atoms with Crippen LogP contribution in [0.3, 0.4) is 0 Å². The van der Waals surface area contributed by atoms with Gasteiger partial charge in [-0.3, -0.25) is 4.98 Å². The zero-order valence-electron chi connectivity index (χ0n) is 16.7. The van der Waals surface area contributed by atoms with Crippen LogP contribution < -0.4 is 10.2 Å². The molecule has 3 heterocycles. The smallest absolute Gasteiger partial charge is 0.133 e. The summed E-state index contributed by atoms with van der Waals surface area (Å²) < 4.78 is 0. The molecule has 1 aliphatic rings. The first kappa shape index (κ1) is 18.8. The molecular weight excluding hydrogens is 322 g/mol. The molecule has 0 amide bonds. The highest BCUT2D eigenvalue weighted by Gasteiger charge is 2.23. The first-order valence-corrected chi connectivity index (χ1v) is 9.72. The molecule has 5 nitrogen and oxygen atoms in total. The van der Waals surface area contributed by atoms with Gasteiger partial charge in [0, 0.05) is 49.0 Å². The van der Waals surface area contributed by atoms with Crippen molar-refractivity contribution in [2.45, 2.75) is 65.5 Å². The van der Waals surface area contributed by atoms with Crippen LogP contribution >= 0.6 is 0 Å². The molecule has 0 saturated carbocycles. The van der Waals surface area contributed by atoms with Crippen molar-refractivity contribution in [2.24, 2.45) is 0 Å². The average Bonchev–Trinajstić information content (AvgIpc) is 2.62. The second-order valence-electron chi connectivity index (χ2n) is 7.74. The largest absolute Gasteiger partial charge is 0.356 e. The minimum absolute atomic E-state index is 0.279. The summed E-state index contributed by atoms with van der Waals surface area (Å²) in [5.41, 5.74) is 3.46. The molecule has 0 aromatic carbocycles.